The van der Waals surface area contributed by atoms with Gasteiger partial charge in [0.2, 0.25) is 5.95 Å². The molecule has 0 atom stereocenters. The summed E-state index contributed by atoms with van der Waals surface area (Å²) in [6.45, 7) is 5.95. The van der Waals surface area contributed by atoms with Crippen molar-refractivity contribution < 1.29 is 9.47 Å². The van der Waals surface area contributed by atoms with Crippen LogP contribution in [0, 0.1) is 0 Å². The van der Waals surface area contributed by atoms with Gasteiger partial charge in [-0.05, 0) is 19.8 Å². The number of methoxy groups -OCH3 is 1. The van der Waals surface area contributed by atoms with Gasteiger partial charge < -0.3 is 14.4 Å². The Morgan fingerprint density at radius 3 is 2.75 bits per heavy atom. The minimum atomic E-state index is -0.0337. The highest BCUT2D eigenvalue weighted by Gasteiger charge is 2.19. The first-order valence-electron chi connectivity index (χ1n) is 7.18. The molecule has 0 aromatic carbocycles. The van der Waals surface area contributed by atoms with Crippen molar-refractivity contribution in [2.45, 2.75) is 32.9 Å². The van der Waals surface area contributed by atoms with Crippen LogP contribution in [0.15, 0.2) is 10.9 Å². The summed E-state index contributed by atoms with van der Waals surface area (Å²) in [4.78, 5) is 19.0. The number of ether oxygens (including phenoxy) is 2. The first-order valence-corrected chi connectivity index (χ1v) is 7.18. The Labute approximate surface area is 119 Å². The molecule has 20 heavy (non-hydrogen) atoms. The highest BCUT2D eigenvalue weighted by atomic mass is 16.5. The van der Waals surface area contributed by atoms with Gasteiger partial charge in [0.05, 0.1) is 25.5 Å². The summed E-state index contributed by atoms with van der Waals surface area (Å²) in [5, 5.41) is 0. The third-order valence-electron chi connectivity index (χ3n) is 3.39. The molecule has 2 rings (SSSR count). The van der Waals surface area contributed by atoms with Gasteiger partial charge in [-0.2, -0.15) is 0 Å². The maximum atomic E-state index is 12.3. The number of aromatic nitrogens is 2. The summed E-state index contributed by atoms with van der Waals surface area (Å²) >= 11 is 0. The van der Waals surface area contributed by atoms with Gasteiger partial charge in [-0.3, -0.25) is 9.36 Å². The normalized spacial score (nSPS) is 15.0. The van der Waals surface area contributed by atoms with Crippen molar-refractivity contribution in [1.29, 1.82) is 0 Å². The van der Waals surface area contributed by atoms with E-state index in [9.17, 15) is 4.79 Å². The van der Waals surface area contributed by atoms with E-state index in [2.05, 4.69) is 9.88 Å². The zero-order valence-electron chi connectivity index (χ0n) is 12.3. The second-order valence-corrected chi connectivity index (χ2v) is 4.86. The van der Waals surface area contributed by atoms with Crippen molar-refractivity contribution in [2.75, 3.05) is 38.3 Å². The van der Waals surface area contributed by atoms with Crippen molar-refractivity contribution in [3.63, 3.8) is 0 Å². The number of hydrogen-bond donors (Lipinski definition) is 0. The SMILES string of the molecule is CCOCCn1c(N2CCCC2)nc(COC)cc1=O. The molecule has 1 aliphatic heterocycles. The molecule has 112 valence electrons. The molecule has 6 heteroatoms. The van der Waals surface area contributed by atoms with E-state index in [1.807, 2.05) is 6.92 Å². The van der Waals surface area contributed by atoms with Crippen LogP contribution < -0.4 is 10.5 Å². The van der Waals surface area contributed by atoms with Crippen LogP contribution in [0.3, 0.4) is 0 Å². The summed E-state index contributed by atoms with van der Waals surface area (Å²) in [7, 11) is 1.61. The van der Waals surface area contributed by atoms with Crippen LogP contribution >= 0.6 is 0 Å². The lowest BCUT2D eigenvalue weighted by atomic mass is 10.4. The predicted octanol–water partition coefficient (Wildman–Crippen LogP) is 1.03. The monoisotopic (exact) mass is 281 g/mol. The first kappa shape index (κ1) is 15.0. The standard InChI is InChI=1S/C14H23N3O3/c1-3-20-9-8-17-13(18)10-12(11-19-2)15-14(17)16-6-4-5-7-16/h10H,3-9,11H2,1-2H3. The summed E-state index contributed by atoms with van der Waals surface area (Å²) in [5.74, 6) is 0.752. The van der Waals surface area contributed by atoms with Crippen molar-refractivity contribution in [3.05, 3.63) is 22.1 Å². The second-order valence-electron chi connectivity index (χ2n) is 4.86. The fraction of sp³-hybridized carbons (Fsp3) is 0.714. The molecule has 1 fully saturated rings. The van der Waals surface area contributed by atoms with E-state index in [0.29, 0.717) is 32.1 Å². The molecule has 0 bridgehead atoms. The smallest absolute Gasteiger partial charge is 0.255 e. The second kappa shape index (κ2) is 7.40. The van der Waals surface area contributed by atoms with Crippen molar-refractivity contribution in [1.82, 2.24) is 9.55 Å². The molecule has 0 radical (unpaired) electrons. The average molecular weight is 281 g/mol. The Balaban J connectivity index is 2.28. The molecule has 1 aliphatic rings. The largest absolute Gasteiger partial charge is 0.380 e. The van der Waals surface area contributed by atoms with E-state index < -0.39 is 0 Å². The minimum Gasteiger partial charge on any atom is -0.380 e. The first-order chi connectivity index (χ1) is 9.76. The van der Waals surface area contributed by atoms with Crippen LogP contribution in [0.2, 0.25) is 0 Å². The van der Waals surface area contributed by atoms with E-state index in [1.54, 1.807) is 17.7 Å². The summed E-state index contributed by atoms with van der Waals surface area (Å²) in [6, 6.07) is 1.55. The molecule has 1 aromatic heterocycles. The molecular weight excluding hydrogens is 258 g/mol. The Hall–Kier alpha value is -1.40. The van der Waals surface area contributed by atoms with Gasteiger partial charge in [0.15, 0.2) is 0 Å². The van der Waals surface area contributed by atoms with Gasteiger partial charge in [-0.1, -0.05) is 0 Å². The quantitative estimate of drug-likeness (QED) is 0.699. The van der Waals surface area contributed by atoms with Gasteiger partial charge in [-0.25, -0.2) is 4.98 Å². The van der Waals surface area contributed by atoms with Crippen molar-refractivity contribution in [2.24, 2.45) is 0 Å². The molecule has 1 aromatic rings. The van der Waals surface area contributed by atoms with E-state index in [0.717, 1.165) is 31.9 Å². The molecule has 0 saturated carbocycles. The highest BCUT2D eigenvalue weighted by molar-refractivity contribution is 5.33. The topological polar surface area (TPSA) is 56.6 Å². The fourth-order valence-electron chi connectivity index (χ4n) is 2.43. The molecular formula is C14H23N3O3. The summed E-state index contributed by atoms with van der Waals surface area (Å²) in [5.41, 5.74) is 0.653. The third-order valence-corrected chi connectivity index (χ3v) is 3.39. The maximum Gasteiger partial charge on any atom is 0.255 e. The zero-order valence-corrected chi connectivity index (χ0v) is 12.3. The van der Waals surface area contributed by atoms with Gasteiger partial charge in [-0.15, -0.1) is 0 Å². The van der Waals surface area contributed by atoms with Gasteiger partial charge in [0.25, 0.3) is 5.56 Å². The number of hydrogen-bond acceptors (Lipinski definition) is 5. The van der Waals surface area contributed by atoms with Crippen LogP contribution in [0.5, 0.6) is 0 Å². The molecule has 0 N–H and O–H groups in total. The number of nitrogens with zero attached hydrogens (tertiary/aromatic N) is 3. The van der Waals surface area contributed by atoms with Crippen LogP contribution in [0.25, 0.3) is 0 Å². The van der Waals surface area contributed by atoms with Crippen molar-refractivity contribution >= 4 is 5.95 Å². The molecule has 2 heterocycles. The zero-order chi connectivity index (χ0) is 14.4. The lowest BCUT2D eigenvalue weighted by Gasteiger charge is -2.21. The maximum absolute atomic E-state index is 12.3. The summed E-state index contributed by atoms with van der Waals surface area (Å²) in [6.07, 6.45) is 2.30. The lowest BCUT2D eigenvalue weighted by Crippen LogP contribution is -2.32. The Morgan fingerprint density at radius 1 is 1.35 bits per heavy atom. The van der Waals surface area contributed by atoms with Crippen LogP contribution in [0.4, 0.5) is 5.95 Å². The van der Waals surface area contributed by atoms with Gasteiger partial charge in [0.1, 0.15) is 0 Å². The Kier molecular flexibility index (Phi) is 5.55. The predicted molar refractivity (Wildman–Crippen MR) is 77.2 cm³/mol. The molecule has 6 nitrogen and oxygen atoms in total. The van der Waals surface area contributed by atoms with Crippen molar-refractivity contribution in [3.8, 4) is 0 Å². The van der Waals surface area contributed by atoms with E-state index >= 15 is 0 Å². The van der Waals surface area contributed by atoms with Crippen LogP contribution in [-0.2, 0) is 22.6 Å². The van der Waals surface area contributed by atoms with Gasteiger partial charge in [0, 0.05) is 32.9 Å². The number of anilines is 1. The molecule has 0 amide bonds. The third kappa shape index (κ3) is 3.58. The van der Waals surface area contributed by atoms with E-state index in [1.165, 1.54) is 0 Å². The van der Waals surface area contributed by atoms with Crippen LogP contribution in [-0.4, -0.2) is 43.0 Å². The summed E-state index contributed by atoms with van der Waals surface area (Å²) < 4.78 is 12.2. The fourth-order valence-corrected chi connectivity index (χ4v) is 2.43. The van der Waals surface area contributed by atoms with E-state index in [-0.39, 0.29) is 5.56 Å². The van der Waals surface area contributed by atoms with E-state index in [4.69, 9.17) is 9.47 Å². The molecule has 1 saturated heterocycles. The number of rotatable bonds is 7. The highest BCUT2D eigenvalue weighted by Crippen LogP contribution is 2.17. The van der Waals surface area contributed by atoms with Crippen LogP contribution in [0.1, 0.15) is 25.5 Å². The molecule has 0 unspecified atom stereocenters. The average Bonchev–Trinajstić information content (AvgIpc) is 2.95. The minimum absolute atomic E-state index is 0.0337. The molecule has 0 aliphatic carbocycles. The lowest BCUT2D eigenvalue weighted by molar-refractivity contribution is 0.138. The van der Waals surface area contributed by atoms with Gasteiger partial charge >= 0.3 is 0 Å². The Bertz CT molecular complexity index is 481. The molecule has 0 spiro atoms. The Morgan fingerprint density at radius 2 is 2.10 bits per heavy atom.